The van der Waals surface area contributed by atoms with Crippen LogP contribution in [-0.2, 0) is 17.9 Å². The van der Waals surface area contributed by atoms with E-state index in [4.69, 9.17) is 9.47 Å². The van der Waals surface area contributed by atoms with E-state index in [0.717, 1.165) is 25.4 Å². The quantitative estimate of drug-likeness (QED) is 0.692. The standard InChI is InChI=1S/C24H32N2O3/c1-3-23(29-22-13-11-21(28-2)12-14-22)24(27)25-17-19-9-5-6-10-20(19)18-26-15-7-4-8-16-26/h5-6,9-14,23H,3-4,7-8,15-18H2,1-2H3,(H,25,27)/t23-/m0/s1. The number of hydrogen-bond donors (Lipinski definition) is 1. The fourth-order valence-corrected chi connectivity index (χ4v) is 3.68. The van der Waals surface area contributed by atoms with Gasteiger partial charge in [0.15, 0.2) is 6.10 Å². The van der Waals surface area contributed by atoms with E-state index in [2.05, 4.69) is 28.4 Å². The summed E-state index contributed by atoms with van der Waals surface area (Å²) in [5.74, 6) is 1.34. The van der Waals surface area contributed by atoms with Crippen molar-refractivity contribution in [2.45, 2.75) is 51.8 Å². The van der Waals surface area contributed by atoms with Gasteiger partial charge in [0.05, 0.1) is 7.11 Å². The van der Waals surface area contributed by atoms with Crippen molar-refractivity contribution in [1.82, 2.24) is 10.2 Å². The van der Waals surface area contributed by atoms with Gasteiger partial charge in [-0.05, 0) is 67.7 Å². The van der Waals surface area contributed by atoms with E-state index in [0.29, 0.717) is 18.7 Å². The molecule has 1 aliphatic heterocycles. The highest BCUT2D eigenvalue weighted by atomic mass is 16.5. The molecule has 5 heteroatoms. The Labute approximate surface area is 174 Å². The summed E-state index contributed by atoms with van der Waals surface area (Å²) in [5, 5.41) is 3.06. The molecule has 5 nitrogen and oxygen atoms in total. The zero-order chi connectivity index (χ0) is 20.5. The average molecular weight is 397 g/mol. The molecule has 2 aromatic rings. The Morgan fingerprint density at radius 2 is 1.66 bits per heavy atom. The van der Waals surface area contributed by atoms with Crippen LogP contribution in [0.15, 0.2) is 48.5 Å². The first-order valence-electron chi connectivity index (χ1n) is 10.6. The number of piperidine rings is 1. The van der Waals surface area contributed by atoms with Crippen LogP contribution in [0.1, 0.15) is 43.7 Å². The number of nitrogens with one attached hydrogen (secondary N) is 1. The van der Waals surface area contributed by atoms with Crippen LogP contribution in [0.5, 0.6) is 11.5 Å². The second kappa shape index (κ2) is 10.9. The lowest BCUT2D eigenvalue weighted by Crippen LogP contribution is -2.38. The monoisotopic (exact) mass is 396 g/mol. The molecular formula is C24H32N2O3. The lowest BCUT2D eigenvalue weighted by atomic mass is 10.0. The number of methoxy groups -OCH3 is 1. The number of carbonyl (C=O) groups is 1. The smallest absolute Gasteiger partial charge is 0.261 e. The van der Waals surface area contributed by atoms with Crippen molar-refractivity contribution >= 4 is 5.91 Å². The number of ether oxygens (including phenoxy) is 2. The molecule has 3 rings (SSSR count). The van der Waals surface area contributed by atoms with Crippen LogP contribution in [0.3, 0.4) is 0 Å². The average Bonchev–Trinajstić information content (AvgIpc) is 2.77. The first kappa shape index (κ1) is 21.2. The van der Waals surface area contributed by atoms with Crippen molar-refractivity contribution in [3.8, 4) is 11.5 Å². The first-order valence-corrected chi connectivity index (χ1v) is 10.6. The van der Waals surface area contributed by atoms with Crippen LogP contribution in [0.2, 0.25) is 0 Å². The molecule has 0 bridgehead atoms. The van der Waals surface area contributed by atoms with Gasteiger partial charge in [0.25, 0.3) is 5.91 Å². The number of likely N-dealkylation sites (tertiary alicyclic amines) is 1. The van der Waals surface area contributed by atoms with Crippen molar-refractivity contribution in [3.63, 3.8) is 0 Å². The normalized spacial score (nSPS) is 15.5. The Balaban J connectivity index is 1.57. The molecule has 156 valence electrons. The van der Waals surface area contributed by atoms with Crippen LogP contribution in [0.4, 0.5) is 0 Å². The van der Waals surface area contributed by atoms with E-state index in [-0.39, 0.29) is 5.91 Å². The zero-order valence-corrected chi connectivity index (χ0v) is 17.5. The molecule has 0 spiro atoms. The van der Waals surface area contributed by atoms with Gasteiger partial charge >= 0.3 is 0 Å². The van der Waals surface area contributed by atoms with Crippen LogP contribution >= 0.6 is 0 Å². The third kappa shape index (κ3) is 6.23. The molecule has 1 saturated heterocycles. The maximum atomic E-state index is 12.7. The summed E-state index contributed by atoms with van der Waals surface area (Å²) < 4.78 is 11.1. The highest BCUT2D eigenvalue weighted by Crippen LogP contribution is 2.19. The third-order valence-electron chi connectivity index (χ3n) is 5.42. The molecule has 1 atom stereocenters. The zero-order valence-electron chi connectivity index (χ0n) is 17.5. The predicted octanol–water partition coefficient (Wildman–Crippen LogP) is 4.15. The lowest BCUT2D eigenvalue weighted by molar-refractivity contribution is -0.128. The third-order valence-corrected chi connectivity index (χ3v) is 5.42. The minimum absolute atomic E-state index is 0.0870. The highest BCUT2D eigenvalue weighted by molar-refractivity contribution is 5.81. The van der Waals surface area contributed by atoms with Gasteiger partial charge in [0, 0.05) is 13.1 Å². The molecule has 1 heterocycles. The second-order valence-electron chi connectivity index (χ2n) is 7.51. The molecule has 29 heavy (non-hydrogen) atoms. The van der Waals surface area contributed by atoms with Crippen molar-refractivity contribution in [3.05, 3.63) is 59.7 Å². The number of benzene rings is 2. The summed E-state index contributed by atoms with van der Waals surface area (Å²) in [6.07, 6.45) is 3.98. The van der Waals surface area contributed by atoms with Gasteiger partial charge in [0.2, 0.25) is 0 Å². The molecule has 0 unspecified atom stereocenters. The Hall–Kier alpha value is -2.53. The Morgan fingerprint density at radius 3 is 2.31 bits per heavy atom. The maximum absolute atomic E-state index is 12.7. The first-order chi connectivity index (χ1) is 14.2. The molecule has 1 fully saturated rings. The Morgan fingerprint density at radius 1 is 1.00 bits per heavy atom. The van der Waals surface area contributed by atoms with Crippen molar-refractivity contribution in [2.24, 2.45) is 0 Å². The fraction of sp³-hybridized carbons (Fsp3) is 0.458. The molecule has 0 aliphatic carbocycles. The van der Waals surface area contributed by atoms with E-state index in [1.54, 1.807) is 7.11 Å². The molecular weight excluding hydrogens is 364 g/mol. The summed E-state index contributed by atoms with van der Waals surface area (Å²) in [6, 6.07) is 15.7. The Bertz CT molecular complexity index is 770. The van der Waals surface area contributed by atoms with E-state index in [1.165, 1.54) is 30.4 Å². The largest absolute Gasteiger partial charge is 0.497 e. The molecule has 1 amide bonds. The topological polar surface area (TPSA) is 50.8 Å². The highest BCUT2D eigenvalue weighted by Gasteiger charge is 2.19. The van der Waals surface area contributed by atoms with Crippen LogP contribution in [0.25, 0.3) is 0 Å². The molecule has 0 radical (unpaired) electrons. The fourth-order valence-electron chi connectivity index (χ4n) is 3.68. The lowest BCUT2D eigenvalue weighted by Gasteiger charge is -2.27. The number of amides is 1. The van der Waals surface area contributed by atoms with Crippen LogP contribution < -0.4 is 14.8 Å². The molecule has 1 N–H and O–H groups in total. The van der Waals surface area contributed by atoms with Crippen LogP contribution in [0, 0.1) is 0 Å². The molecule has 2 aromatic carbocycles. The number of rotatable bonds is 9. The van der Waals surface area contributed by atoms with Gasteiger partial charge < -0.3 is 14.8 Å². The van der Waals surface area contributed by atoms with Crippen molar-refractivity contribution < 1.29 is 14.3 Å². The number of hydrogen-bond acceptors (Lipinski definition) is 4. The number of carbonyl (C=O) groups excluding carboxylic acids is 1. The summed E-state index contributed by atoms with van der Waals surface area (Å²) in [7, 11) is 1.63. The second-order valence-corrected chi connectivity index (χ2v) is 7.51. The van der Waals surface area contributed by atoms with Gasteiger partial charge in [-0.15, -0.1) is 0 Å². The molecule has 1 aliphatic rings. The Kier molecular flexibility index (Phi) is 7.94. The van der Waals surface area contributed by atoms with E-state index in [9.17, 15) is 4.79 Å². The van der Waals surface area contributed by atoms with Crippen molar-refractivity contribution in [2.75, 3.05) is 20.2 Å². The molecule has 0 saturated carbocycles. The van der Waals surface area contributed by atoms with Crippen molar-refractivity contribution in [1.29, 1.82) is 0 Å². The minimum Gasteiger partial charge on any atom is -0.497 e. The van der Waals surface area contributed by atoms with Gasteiger partial charge in [-0.2, -0.15) is 0 Å². The van der Waals surface area contributed by atoms with E-state index >= 15 is 0 Å². The van der Waals surface area contributed by atoms with Gasteiger partial charge in [-0.25, -0.2) is 0 Å². The van der Waals surface area contributed by atoms with Gasteiger partial charge in [0.1, 0.15) is 11.5 Å². The van der Waals surface area contributed by atoms with Gasteiger partial charge in [-0.3, -0.25) is 9.69 Å². The molecule has 0 aromatic heterocycles. The summed E-state index contributed by atoms with van der Waals surface area (Å²) in [4.78, 5) is 15.2. The van der Waals surface area contributed by atoms with E-state index in [1.807, 2.05) is 37.3 Å². The summed E-state index contributed by atoms with van der Waals surface area (Å²) >= 11 is 0. The van der Waals surface area contributed by atoms with Gasteiger partial charge in [-0.1, -0.05) is 37.6 Å². The number of nitrogens with zero attached hydrogens (tertiary/aromatic N) is 1. The maximum Gasteiger partial charge on any atom is 0.261 e. The van der Waals surface area contributed by atoms with Crippen LogP contribution in [-0.4, -0.2) is 37.1 Å². The minimum atomic E-state index is -0.516. The summed E-state index contributed by atoms with van der Waals surface area (Å²) in [6.45, 7) is 5.75. The predicted molar refractivity (Wildman–Crippen MR) is 115 cm³/mol. The SMILES string of the molecule is CC[C@H](Oc1ccc(OC)cc1)C(=O)NCc1ccccc1CN1CCCCC1. The van der Waals surface area contributed by atoms with E-state index < -0.39 is 6.10 Å². The summed E-state index contributed by atoms with van der Waals surface area (Å²) in [5.41, 5.74) is 2.46.